The van der Waals surface area contributed by atoms with Gasteiger partial charge in [-0.15, -0.1) is 0 Å². The second-order valence-corrected chi connectivity index (χ2v) is 8.00. The smallest absolute Gasteiger partial charge is 0.283 e. The molecule has 0 spiro atoms. The summed E-state index contributed by atoms with van der Waals surface area (Å²) < 4.78 is 21.0. The lowest BCUT2D eigenvalue weighted by molar-refractivity contribution is -0.114. The van der Waals surface area contributed by atoms with Crippen molar-refractivity contribution in [3.8, 4) is 5.69 Å². The first-order valence-corrected chi connectivity index (χ1v) is 10.2. The van der Waals surface area contributed by atoms with E-state index in [9.17, 15) is 9.18 Å². The topological polar surface area (TPSA) is 87.0 Å². The van der Waals surface area contributed by atoms with Crippen LogP contribution in [-0.2, 0) is 4.79 Å². The fourth-order valence-electron chi connectivity index (χ4n) is 3.59. The molecule has 0 bridgehead atoms. The van der Waals surface area contributed by atoms with Gasteiger partial charge in [0.25, 0.3) is 5.91 Å². The summed E-state index contributed by atoms with van der Waals surface area (Å²) in [6.07, 6.45) is 3.17. The molecule has 1 amide bonds. The van der Waals surface area contributed by atoms with Crippen molar-refractivity contribution in [2.75, 3.05) is 0 Å². The second-order valence-electron chi connectivity index (χ2n) is 7.04. The Morgan fingerprint density at radius 2 is 2.03 bits per heavy atom. The summed E-state index contributed by atoms with van der Waals surface area (Å²) in [5.74, 6) is -0.339. The Morgan fingerprint density at radius 3 is 2.77 bits per heavy atom. The molecule has 31 heavy (non-hydrogen) atoms. The maximum absolute atomic E-state index is 13.7. The number of aromatic nitrogens is 1. The minimum atomic E-state index is -0.504. The molecular formula is C22H16FN5O2S. The number of benzene rings is 1. The van der Waals surface area contributed by atoms with E-state index in [1.54, 1.807) is 24.3 Å². The van der Waals surface area contributed by atoms with Crippen LogP contribution in [0.1, 0.15) is 22.7 Å². The summed E-state index contributed by atoms with van der Waals surface area (Å²) in [6, 6.07) is 11.7. The number of carbonyl (C=O) groups excluding carboxylic acids is 1. The molecule has 0 atom stereocenters. The van der Waals surface area contributed by atoms with Crippen LogP contribution in [-0.4, -0.2) is 31.5 Å². The number of hydrazone groups is 1. The van der Waals surface area contributed by atoms with Gasteiger partial charge in [-0.3, -0.25) is 10.2 Å². The number of thioether (sulfide) groups is 1. The number of amidine groups is 2. The van der Waals surface area contributed by atoms with Crippen LogP contribution in [0.2, 0.25) is 0 Å². The highest BCUT2D eigenvalue weighted by molar-refractivity contribution is 8.27. The standard InChI is InChI=1S/C22H16FN5O2S/c1-12-9-14(13(2)27(12)16-6-3-5-15(23)11-16)10-17-19(24)28-22(25-20(17)29)31-21(26-28)18-7-4-8-30-18/h3-11,24H,1-2H3. The van der Waals surface area contributed by atoms with Crippen LogP contribution in [0.15, 0.2) is 68.8 Å². The molecule has 0 radical (unpaired) electrons. The summed E-state index contributed by atoms with van der Waals surface area (Å²) in [6.45, 7) is 3.79. The molecule has 0 aliphatic carbocycles. The maximum atomic E-state index is 13.7. The van der Waals surface area contributed by atoms with Crippen molar-refractivity contribution in [2.24, 2.45) is 10.1 Å². The van der Waals surface area contributed by atoms with Gasteiger partial charge in [0, 0.05) is 17.1 Å². The van der Waals surface area contributed by atoms with Crippen molar-refractivity contribution < 1.29 is 13.6 Å². The van der Waals surface area contributed by atoms with E-state index in [1.807, 2.05) is 30.5 Å². The zero-order chi connectivity index (χ0) is 21.7. The van der Waals surface area contributed by atoms with Gasteiger partial charge in [0.05, 0.1) is 11.8 Å². The molecule has 0 fully saturated rings. The van der Waals surface area contributed by atoms with Crippen molar-refractivity contribution >= 4 is 39.8 Å². The number of aliphatic imine (C=N–C) groups is 1. The fraction of sp³-hybridized carbons (Fsp3) is 0.0909. The predicted molar refractivity (Wildman–Crippen MR) is 118 cm³/mol. The third-order valence-electron chi connectivity index (χ3n) is 5.02. The molecule has 0 saturated carbocycles. The lowest BCUT2D eigenvalue weighted by Gasteiger charge is -2.20. The zero-order valence-electron chi connectivity index (χ0n) is 16.6. The quantitative estimate of drug-likeness (QED) is 0.617. The molecular weight excluding hydrogens is 417 g/mol. The first-order chi connectivity index (χ1) is 14.9. The third-order valence-corrected chi connectivity index (χ3v) is 5.95. The Morgan fingerprint density at radius 1 is 1.19 bits per heavy atom. The van der Waals surface area contributed by atoms with Gasteiger partial charge in [0.15, 0.2) is 16.6 Å². The predicted octanol–water partition coefficient (Wildman–Crippen LogP) is 4.49. The van der Waals surface area contributed by atoms with Crippen molar-refractivity contribution in [1.82, 2.24) is 9.58 Å². The van der Waals surface area contributed by atoms with Gasteiger partial charge in [-0.2, -0.15) is 15.1 Å². The maximum Gasteiger partial charge on any atom is 0.283 e. The van der Waals surface area contributed by atoms with E-state index < -0.39 is 5.91 Å². The molecule has 2 aromatic heterocycles. The van der Waals surface area contributed by atoms with E-state index in [0.717, 1.165) is 17.0 Å². The average Bonchev–Trinajstić information content (AvgIpc) is 3.45. The number of fused-ring (bicyclic) bond motifs is 1. The molecule has 2 aliphatic rings. The number of rotatable bonds is 3. The van der Waals surface area contributed by atoms with E-state index in [4.69, 9.17) is 9.83 Å². The van der Waals surface area contributed by atoms with Crippen LogP contribution in [0.25, 0.3) is 11.8 Å². The number of aryl methyl sites for hydroxylation is 1. The number of amides is 1. The SMILES string of the molecule is Cc1cc(C=C2C(=N)N3N=C(c4ccco4)SC3=NC2=O)c(C)n1-c1cccc(F)c1. The number of furan rings is 1. The van der Waals surface area contributed by atoms with Gasteiger partial charge in [-0.25, -0.2) is 4.39 Å². The Hall–Kier alpha value is -3.72. The van der Waals surface area contributed by atoms with Crippen LogP contribution < -0.4 is 0 Å². The van der Waals surface area contributed by atoms with E-state index in [1.165, 1.54) is 35.2 Å². The number of nitrogens with one attached hydrogen (secondary N) is 1. The number of halogens is 1. The summed E-state index contributed by atoms with van der Waals surface area (Å²) in [4.78, 5) is 16.8. The van der Waals surface area contributed by atoms with Gasteiger partial charge < -0.3 is 8.98 Å². The highest BCUT2D eigenvalue weighted by atomic mass is 32.2. The Kier molecular flexibility index (Phi) is 4.48. The number of hydrogen-bond acceptors (Lipinski definition) is 5. The zero-order valence-corrected chi connectivity index (χ0v) is 17.4. The lowest BCUT2D eigenvalue weighted by Crippen LogP contribution is -2.35. The number of hydrogen-bond donors (Lipinski definition) is 1. The monoisotopic (exact) mass is 433 g/mol. The third kappa shape index (κ3) is 3.23. The normalized spacial score (nSPS) is 17.3. The summed E-state index contributed by atoms with van der Waals surface area (Å²) in [5.41, 5.74) is 3.27. The largest absolute Gasteiger partial charge is 0.462 e. The molecule has 1 N–H and O–H groups in total. The van der Waals surface area contributed by atoms with E-state index in [0.29, 0.717) is 21.7 Å². The van der Waals surface area contributed by atoms with E-state index in [2.05, 4.69) is 10.1 Å². The van der Waals surface area contributed by atoms with Crippen molar-refractivity contribution in [2.45, 2.75) is 13.8 Å². The number of carbonyl (C=O) groups is 1. The summed E-state index contributed by atoms with van der Waals surface area (Å²) >= 11 is 1.18. The molecule has 5 rings (SSSR count). The van der Waals surface area contributed by atoms with E-state index in [-0.39, 0.29) is 17.2 Å². The first-order valence-electron chi connectivity index (χ1n) is 9.41. The summed E-state index contributed by atoms with van der Waals surface area (Å²) in [7, 11) is 0. The Labute approximate surface area is 181 Å². The van der Waals surface area contributed by atoms with Crippen molar-refractivity contribution in [3.05, 3.63) is 82.8 Å². The minimum Gasteiger partial charge on any atom is -0.462 e. The van der Waals surface area contributed by atoms with E-state index >= 15 is 0 Å². The second kappa shape index (κ2) is 7.21. The van der Waals surface area contributed by atoms with Crippen LogP contribution >= 0.6 is 11.8 Å². The van der Waals surface area contributed by atoms with Gasteiger partial charge in [0.2, 0.25) is 5.17 Å². The molecule has 4 heterocycles. The Balaban J connectivity index is 1.53. The highest BCUT2D eigenvalue weighted by Crippen LogP contribution is 2.32. The van der Waals surface area contributed by atoms with Crippen LogP contribution in [0, 0.1) is 25.1 Å². The minimum absolute atomic E-state index is 0.0559. The van der Waals surface area contributed by atoms with Gasteiger partial charge in [0.1, 0.15) is 5.82 Å². The average molecular weight is 433 g/mol. The van der Waals surface area contributed by atoms with Gasteiger partial charge in [-0.1, -0.05) is 6.07 Å². The Bertz CT molecular complexity index is 1330. The summed E-state index contributed by atoms with van der Waals surface area (Å²) in [5, 5.41) is 15.1. The molecule has 154 valence electrons. The van der Waals surface area contributed by atoms with Crippen molar-refractivity contribution in [3.63, 3.8) is 0 Å². The lowest BCUT2D eigenvalue weighted by atomic mass is 10.1. The highest BCUT2D eigenvalue weighted by Gasteiger charge is 2.36. The molecule has 9 heteroatoms. The molecule has 2 aliphatic heterocycles. The van der Waals surface area contributed by atoms with Gasteiger partial charge in [-0.05, 0) is 73.6 Å². The molecule has 1 aromatic carbocycles. The van der Waals surface area contributed by atoms with Crippen molar-refractivity contribution in [1.29, 1.82) is 5.41 Å². The molecule has 7 nitrogen and oxygen atoms in total. The number of nitrogens with zero attached hydrogens (tertiary/aromatic N) is 4. The fourth-order valence-corrected chi connectivity index (χ4v) is 4.45. The van der Waals surface area contributed by atoms with Crippen LogP contribution in [0.3, 0.4) is 0 Å². The first kappa shape index (κ1) is 19.3. The molecule has 0 saturated heterocycles. The molecule has 0 unspecified atom stereocenters. The van der Waals surface area contributed by atoms with Crippen LogP contribution in [0.5, 0.6) is 0 Å². The molecule has 3 aromatic rings. The van der Waals surface area contributed by atoms with Crippen LogP contribution in [0.4, 0.5) is 4.39 Å². The van der Waals surface area contributed by atoms with Gasteiger partial charge >= 0.3 is 0 Å².